The highest BCUT2D eigenvalue weighted by atomic mass is 35.5. The number of sulfonamides is 1. The van der Waals surface area contributed by atoms with Crippen molar-refractivity contribution in [2.24, 2.45) is 0 Å². The molecule has 0 unspecified atom stereocenters. The molecule has 1 N–H and O–H groups in total. The van der Waals surface area contributed by atoms with Crippen molar-refractivity contribution in [2.45, 2.75) is 25.3 Å². The Morgan fingerprint density at radius 2 is 1.93 bits per heavy atom. The minimum absolute atomic E-state index is 0.0582. The number of benzene rings is 2. The minimum atomic E-state index is -4.00. The fourth-order valence-corrected chi connectivity index (χ4v) is 4.57. The molecule has 0 bridgehead atoms. The molecule has 0 atom stereocenters. The molecule has 11 heteroatoms. The molecule has 0 aliphatic heterocycles. The summed E-state index contributed by atoms with van der Waals surface area (Å²) in [7, 11) is -4.00. The Hall–Kier alpha value is -2.98. The molecule has 29 heavy (non-hydrogen) atoms. The summed E-state index contributed by atoms with van der Waals surface area (Å²) < 4.78 is 48.7. The molecule has 0 spiro atoms. The first-order valence-electron chi connectivity index (χ1n) is 8.49. The molecule has 8 nitrogen and oxygen atoms in total. The van der Waals surface area contributed by atoms with Crippen LogP contribution in [-0.2, 0) is 16.6 Å². The zero-order valence-electron chi connectivity index (χ0n) is 15.3. The fraction of sp³-hybridized carbons (Fsp3) is 0.167. The van der Waals surface area contributed by atoms with E-state index < -0.39 is 15.8 Å². The Morgan fingerprint density at radius 3 is 2.69 bits per heavy atom. The molecule has 0 saturated carbocycles. The third kappa shape index (κ3) is 3.45. The topological polar surface area (TPSA) is 103 Å². The van der Waals surface area contributed by atoms with E-state index in [0.29, 0.717) is 22.6 Å². The van der Waals surface area contributed by atoms with E-state index in [-0.39, 0.29) is 27.5 Å². The summed E-state index contributed by atoms with van der Waals surface area (Å²) in [5, 5.41) is 11.9. The van der Waals surface area contributed by atoms with Gasteiger partial charge >= 0.3 is 0 Å². The number of hydrogen-bond donors (Lipinski definition) is 1. The Kier molecular flexibility index (Phi) is 4.75. The van der Waals surface area contributed by atoms with Gasteiger partial charge in [0.25, 0.3) is 10.0 Å². The molecule has 150 valence electrons. The summed E-state index contributed by atoms with van der Waals surface area (Å²) in [5.74, 6) is -0.461. The number of halogens is 2. The minimum Gasteiger partial charge on any atom is -0.276 e. The standard InChI is InChI=1S/C18H15ClFN5O3S/c1-10-17(11(2)25(21-10)9-12-13(19)5-3-6-14(12)20)24-29(26,27)16-8-4-7-15-18(16)23-28-22-15/h3-8,24H,9H2,1-2H3. The van der Waals surface area contributed by atoms with E-state index in [9.17, 15) is 12.8 Å². The summed E-state index contributed by atoms with van der Waals surface area (Å²) in [4.78, 5) is -0.0695. The first-order valence-corrected chi connectivity index (χ1v) is 10.3. The van der Waals surface area contributed by atoms with Gasteiger partial charge in [-0.15, -0.1) is 0 Å². The smallest absolute Gasteiger partial charge is 0.264 e. The van der Waals surface area contributed by atoms with Gasteiger partial charge in [0.05, 0.1) is 23.6 Å². The average molecular weight is 436 g/mol. The first kappa shape index (κ1) is 19.3. The van der Waals surface area contributed by atoms with Gasteiger partial charge in [-0.1, -0.05) is 23.7 Å². The lowest BCUT2D eigenvalue weighted by atomic mass is 10.2. The van der Waals surface area contributed by atoms with Crippen LogP contribution in [0.25, 0.3) is 11.0 Å². The van der Waals surface area contributed by atoms with Crippen molar-refractivity contribution in [3.63, 3.8) is 0 Å². The van der Waals surface area contributed by atoms with Crippen LogP contribution in [0, 0.1) is 19.7 Å². The largest absolute Gasteiger partial charge is 0.276 e. The highest BCUT2D eigenvalue weighted by Crippen LogP contribution is 2.28. The van der Waals surface area contributed by atoms with E-state index in [4.69, 9.17) is 11.6 Å². The number of hydrogen-bond acceptors (Lipinski definition) is 6. The quantitative estimate of drug-likeness (QED) is 0.513. The summed E-state index contributed by atoms with van der Waals surface area (Å²) in [5.41, 5.74) is 1.96. The molecule has 0 aliphatic carbocycles. The van der Waals surface area contributed by atoms with Crippen molar-refractivity contribution in [2.75, 3.05) is 4.72 Å². The lowest BCUT2D eigenvalue weighted by Crippen LogP contribution is -2.15. The summed E-state index contributed by atoms with van der Waals surface area (Å²) in [6.07, 6.45) is 0. The Labute approximate surface area is 170 Å². The first-order chi connectivity index (χ1) is 13.8. The van der Waals surface area contributed by atoms with Crippen molar-refractivity contribution < 1.29 is 17.4 Å². The zero-order chi connectivity index (χ0) is 20.8. The van der Waals surface area contributed by atoms with Gasteiger partial charge in [0.2, 0.25) is 0 Å². The van der Waals surface area contributed by atoms with Gasteiger partial charge in [0.1, 0.15) is 16.2 Å². The van der Waals surface area contributed by atoms with Gasteiger partial charge in [-0.05, 0) is 48.4 Å². The number of aryl methyl sites for hydroxylation is 1. The Balaban J connectivity index is 1.71. The zero-order valence-corrected chi connectivity index (χ0v) is 16.9. The molecule has 2 aromatic carbocycles. The highest BCUT2D eigenvalue weighted by molar-refractivity contribution is 7.93. The van der Waals surface area contributed by atoms with E-state index in [1.165, 1.54) is 22.9 Å². The molecule has 0 amide bonds. The van der Waals surface area contributed by atoms with Crippen LogP contribution < -0.4 is 4.72 Å². The second kappa shape index (κ2) is 7.12. The van der Waals surface area contributed by atoms with Gasteiger partial charge in [0, 0.05) is 10.6 Å². The average Bonchev–Trinajstić information content (AvgIpc) is 3.24. The lowest BCUT2D eigenvalue weighted by Gasteiger charge is -2.10. The van der Waals surface area contributed by atoms with Crippen molar-refractivity contribution in [1.82, 2.24) is 20.1 Å². The second-order valence-corrected chi connectivity index (χ2v) is 8.46. The van der Waals surface area contributed by atoms with Crippen LogP contribution in [0.2, 0.25) is 5.02 Å². The number of rotatable bonds is 5. The molecule has 0 radical (unpaired) electrons. The maximum atomic E-state index is 14.1. The predicted octanol–water partition coefficient (Wildman–Crippen LogP) is 3.68. The van der Waals surface area contributed by atoms with Crippen LogP contribution in [0.3, 0.4) is 0 Å². The molecule has 0 aliphatic rings. The van der Waals surface area contributed by atoms with Gasteiger partial charge in [-0.2, -0.15) is 5.10 Å². The number of nitrogens with one attached hydrogen (secondary N) is 1. The molecule has 2 heterocycles. The lowest BCUT2D eigenvalue weighted by molar-refractivity contribution is 0.315. The van der Waals surface area contributed by atoms with Crippen LogP contribution >= 0.6 is 11.6 Å². The van der Waals surface area contributed by atoms with Gasteiger partial charge in [0.15, 0.2) is 5.52 Å². The molecular formula is C18H15ClFN5O3S. The molecule has 2 aromatic heterocycles. The van der Waals surface area contributed by atoms with Crippen molar-refractivity contribution in [1.29, 1.82) is 0 Å². The van der Waals surface area contributed by atoms with E-state index in [1.54, 1.807) is 32.0 Å². The van der Waals surface area contributed by atoms with E-state index >= 15 is 0 Å². The molecular weight excluding hydrogens is 421 g/mol. The van der Waals surface area contributed by atoms with Crippen LogP contribution in [-0.4, -0.2) is 28.5 Å². The van der Waals surface area contributed by atoms with Crippen LogP contribution in [0.1, 0.15) is 17.0 Å². The number of aromatic nitrogens is 4. The monoisotopic (exact) mass is 435 g/mol. The van der Waals surface area contributed by atoms with E-state index in [2.05, 4.69) is 24.8 Å². The number of nitrogens with zero attached hydrogens (tertiary/aromatic N) is 4. The van der Waals surface area contributed by atoms with Gasteiger partial charge < -0.3 is 0 Å². The number of anilines is 1. The molecule has 4 rings (SSSR count). The molecule has 0 saturated heterocycles. The summed E-state index contributed by atoms with van der Waals surface area (Å²) in [6, 6.07) is 8.96. The maximum Gasteiger partial charge on any atom is 0.264 e. The summed E-state index contributed by atoms with van der Waals surface area (Å²) >= 11 is 6.10. The maximum absolute atomic E-state index is 14.1. The normalized spacial score (nSPS) is 11.9. The Bertz CT molecular complexity index is 1310. The van der Waals surface area contributed by atoms with Crippen molar-refractivity contribution in [3.8, 4) is 0 Å². The molecule has 4 aromatic rings. The van der Waals surface area contributed by atoms with Crippen LogP contribution in [0.5, 0.6) is 0 Å². The van der Waals surface area contributed by atoms with Crippen molar-refractivity contribution >= 4 is 38.3 Å². The second-order valence-electron chi connectivity index (χ2n) is 6.40. The fourth-order valence-electron chi connectivity index (χ4n) is 3.02. The third-order valence-corrected chi connectivity index (χ3v) is 6.26. The highest BCUT2D eigenvalue weighted by Gasteiger charge is 2.24. The predicted molar refractivity (Wildman–Crippen MR) is 105 cm³/mol. The van der Waals surface area contributed by atoms with E-state index in [1.807, 2.05) is 0 Å². The van der Waals surface area contributed by atoms with Gasteiger partial charge in [-0.25, -0.2) is 17.4 Å². The van der Waals surface area contributed by atoms with Crippen LogP contribution in [0.4, 0.5) is 10.1 Å². The molecule has 0 fully saturated rings. The SMILES string of the molecule is Cc1nn(Cc2c(F)cccc2Cl)c(C)c1NS(=O)(=O)c1cccc2nonc12. The summed E-state index contributed by atoms with van der Waals surface area (Å²) in [6.45, 7) is 3.40. The Morgan fingerprint density at radius 1 is 1.17 bits per heavy atom. The third-order valence-electron chi connectivity index (χ3n) is 4.53. The van der Waals surface area contributed by atoms with Crippen LogP contribution in [0.15, 0.2) is 45.9 Å². The van der Waals surface area contributed by atoms with E-state index in [0.717, 1.165) is 0 Å². The number of fused-ring (bicyclic) bond motifs is 1. The van der Waals surface area contributed by atoms with Crippen molar-refractivity contribution in [3.05, 3.63) is 64.2 Å². The van der Waals surface area contributed by atoms with Gasteiger partial charge in [-0.3, -0.25) is 9.40 Å².